The van der Waals surface area contributed by atoms with Gasteiger partial charge in [0.1, 0.15) is 24.4 Å². The van der Waals surface area contributed by atoms with Crippen molar-refractivity contribution in [3.8, 4) is 11.8 Å². The molecule has 0 spiro atoms. The van der Waals surface area contributed by atoms with Gasteiger partial charge in [0.05, 0.1) is 27.9 Å². The lowest BCUT2D eigenvalue weighted by molar-refractivity contribution is -0.437. The summed E-state index contributed by atoms with van der Waals surface area (Å²) in [4.78, 5) is 77.7. The number of ether oxygens (including phenoxy) is 2. The van der Waals surface area contributed by atoms with Crippen molar-refractivity contribution in [2.45, 2.75) is 99.4 Å². The molecule has 0 bridgehead atoms. The lowest BCUT2D eigenvalue weighted by atomic mass is 9.81. The van der Waals surface area contributed by atoms with E-state index in [1.807, 2.05) is 70.0 Å². The van der Waals surface area contributed by atoms with Crippen molar-refractivity contribution in [1.82, 2.24) is 9.55 Å². The fourth-order valence-corrected chi connectivity index (χ4v) is 15.1. The van der Waals surface area contributed by atoms with Gasteiger partial charge in [0.25, 0.3) is 25.8 Å². The van der Waals surface area contributed by atoms with Crippen molar-refractivity contribution in [3.05, 3.63) is 116 Å². The van der Waals surface area contributed by atoms with Gasteiger partial charge in [0, 0.05) is 78.0 Å². The van der Waals surface area contributed by atoms with E-state index in [9.17, 15) is 68.9 Å². The zero-order valence-electron chi connectivity index (χ0n) is 42.8. The van der Waals surface area contributed by atoms with Crippen molar-refractivity contribution >= 4 is 88.3 Å². The topological polar surface area (TPSA) is 385 Å². The fraction of sp³-hybridized carbons (Fsp3) is 0.435. The number of aromatic amines is 1. The summed E-state index contributed by atoms with van der Waals surface area (Å²) < 4.78 is 128. The molecule has 1 fully saturated rings. The first-order valence-corrected chi connectivity index (χ1v) is 33.6. The van der Waals surface area contributed by atoms with Crippen LogP contribution in [-0.4, -0.2) is 126 Å². The van der Waals surface area contributed by atoms with E-state index < -0.39 is 103 Å². The van der Waals surface area contributed by atoms with Crippen LogP contribution in [0.3, 0.4) is 0 Å². The average molecular weight is 1240 g/mol. The number of carbonyl (C=O) groups is 1. The molecule has 79 heavy (non-hydrogen) atoms. The number of aliphatic hydroxyl groups excluding tert-OH is 1. The molecule has 0 aliphatic carbocycles. The molecular formula is C46H58N4O22P3S4+. The molecule has 432 valence electrons. The van der Waals surface area contributed by atoms with Crippen LogP contribution in [0.4, 0.5) is 11.4 Å². The summed E-state index contributed by atoms with van der Waals surface area (Å²) in [6, 6.07) is 9.11. The number of hydrogen-bond acceptors (Lipinski definition) is 19. The predicted octanol–water partition coefficient (Wildman–Crippen LogP) is 5.36. The number of hydrogen-bond donors (Lipinski definition) is 8. The number of nitrogens with one attached hydrogen (secondary N) is 1. The molecule has 1 saturated heterocycles. The van der Waals surface area contributed by atoms with E-state index in [0.29, 0.717) is 31.7 Å². The first-order valence-electron chi connectivity index (χ1n) is 23.7. The van der Waals surface area contributed by atoms with Gasteiger partial charge < -0.3 is 39.1 Å². The number of nitrogens with zero attached hydrogens (tertiary/aromatic N) is 3. The quantitative estimate of drug-likeness (QED) is 0.00818. The normalized spacial score (nSPS) is 21.0. The van der Waals surface area contributed by atoms with Crippen LogP contribution >= 0.6 is 45.1 Å². The Kier molecular flexibility index (Phi) is 20.6. The van der Waals surface area contributed by atoms with Crippen LogP contribution in [0.1, 0.15) is 83.2 Å². The molecule has 0 radical (unpaired) electrons. The molecule has 26 nitrogen and oxygen atoms in total. The number of phosphoric ester groups is 1. The van der Waals surface area contributed by atoms with E-state index in [1.165, 1.54) is 24.3 Å². The zero-order valence-corrected chi connectivity index (χ0v) is 48.8. The summed E-state index contributed by atoms with van der Waals surface area (Å²) in [6.45, 7) is 9.67. The van der Waals surface area contributed by atoms with Crippen LogP contribution in [0.5, 0.6) is 0 Å². The SMILES string of the molecule is CCN1/C(=C/C=C/C=C/C2=[N+](CCCSSCCCC(=O)OCC#Cc3cn([C@H]4C[C@H](O)[C@@H](COP(=O)(O)OP(=O)(O)OP(=O)(O)O)O4)c(=O)[nH]c3=O)c3ccc(S(=O)(=O)O)cc3C2(C)C)C(C)(C)c2cc(S(=O)(=O)O)ccc21. The highest BCUT2D eigenvalue weighted by Gasteiger charge is 2.46. The van der Waals surface area contributed by atoms with E-state index in [-0.39, 0.29) is 28.2 Å². The van der Waals surface area contributed by atoms with Gasteiger partial charge in [0.15, 0.2) is 12.3 Å². The Labute approximate surface area is 461 Å². The fourth-order valence-electron chi connectivity index (χ4n) is 8.86. The number of allylic oxidation sites excluding steroid dienone is 6. The number of phosphoric acid groups is 3. The number of anilines is 1. The van der Waals surface area contributed by atoms with E-state index in [1.54, 1.807) is 33.7 Å². The van der Waals surface area contributed by atoms with E-state index in [4.69, 9.17) is 19.3 Å². The number of aliphatic hydroxyl groups is 1. The highest BCUT2D eigenvalue weighted by Crippen LogP contribution is 2.66. The van der Waals surface area contributed by atoms with Crippen LogP contribution in [0.2, 0.25) is 0 Å². The summed E-state index contributed by atoms with van der Waals surface area (Å²) >= 11 is 0. The van der Waals surface area contributed by atoms with Gasteiger partial charge in [-0.15, -0.1) is 0 Å². The van der Waals surface area contributed by atoms with Crippen LogP contribution in [-0.2, 0) is 72.2 Å². The van der Waals surface area contributed by atoms with Crippen LogP contribution in [0.15, 0.2) is 98.1 Å². The minimum atomic E-state index is -5.81. The molecule has 6 rings (SSSR count). The van der Waals surface area contributed by atoms with E-state index in [0.717, 1.165) is 50.4 Å². The first-order chi connectivity index (χ1) is 36.6. The van der Waals surface area contributed by atoms with Crippen molar-refractivity contribution in [2.75, 3.05) is 42.7 Å². The number of carbonyl (C=O) groups excluding carboxylic acids is 1. The summed E-state index contributed by atoms with van der Waals surface area (Å²) in [6.07, 6.45) is 7.22. The van der Waals surface area contributed by atoms with Crippen LogP contribution < -0.4 is 16.1 Å². The minimum Gasteiger partial charge on any atom is -0.452 e. The third-order valence-corrected chi connectivity index (χ3v) is 20.6. The second kappa shape index (κ2) is 25.5. The summed E-state index contributed by atoms with van der Waals surface area (Å²) in [5, 5.41) is 10.4. The van der Waals surface area contributed by atoms with Gasteiger partial charge in [-0.25, -0.2) is 18.5 Å². The standard InChI is InChI=1S/C46H57N4O22P3S4/c1-6-48-35-19-17-31(78(62,63)64)25-33(35)45(2,3)39(48)14-8-7-9-15-40-46(4,5)34-26-32(79(65,66)67)18-20-36(34)49(40)21-12-24-77-76-23-11-16-42(52)68-22-10-13-30-28-50(44(54)47-43(30)53)41-27-37(51)38(70-41)29-69-74(58,59)72-75(60,61)71-73(55,56)57/h7-9,14-15,17-20,25-26,28,37-38,41,51H,6,11-12,16,21-24,27,29H2,1-5H3,(H6-,47,53,54,55,56,57,58,59,60,61,62,63,64,65,66,67)/p+1/t37-,38+,41+/m0/s1. The van der Waals surface area contributed by atoms with E-state index in [2.05, 4.69) is 34.5 Å². The van der Waals surface area contributed by atoms with E-state index >= 15 is 0 Å². The van der Waals surface area contributed by atoms with Gasteiger partial charge in [-0.05, 0) is 69.2 Å². The molecule has 8 N–H and O–H groups in total. The van der Waals surface area contributed by atoms with Crippen LogP contribution in [0, 0.1) is 11.8 Å². The lowest BCUT2D eigenvalue weighted by Crippen LogP contribution is -2.33. The van der Waals surface area contributed by atoms with Crippen molar-refractivity contribution in [1.29, 1.82) is 0 Å². The lowest BCUT2D eigenvalue weighted by Gasteiger charge is -2.25. The number of aromatic nitrogens is 2. The number of H-pyrrole nitrogens is 1. The molecule has 2 aromatic carbocycles. The third kappa shape index (κ3) is 16.5. The number of esters is 1. The Hall–Kier alpha value is -4.31. The van der Waals surface area contributed by atoms with Crippen molar-refractivity contribution < 1.29 is 96.3 Å². The van der Waals surface area contributed by atoms with Gasteiger partial charge >= 0.3 is 35.1 Å². The highest BCUT2D eigenvalue weighted by atomic mass is 33.1. The average Bonchev–Trinajstić information content (AvgIpc) is 4.12. The summed E-state index contributed by atoms with van der Waals surface area (Å²) in [5.41, 5.74) is 1.53. The summed E-state index contributed by atoms with van der Waals surface area (Å²) in [7, 11) is -22.7. The maximum Gasteiger partial charge on any atom is 0.490 e. The number of rotatable bonds is 24. The Balaban J connectivity index is 0.983. The molecule has 0 amide bonds. The molecular weight excluding hydrogens is 1180 g/mol. The molecule has 1 aromatic heterocycles. The highest BCUT2D eigenvalue weighted by molar-refractivity contribution is 8.76. The van der Waals surface area contributed by atoms with Gasteiger partial charge in [-0.3, -0.25) is 32.8 Å². The molecule has 3 aliphatic heterocycles. The number of likely N-dealkylation sites (N-methyl/N-ethyl adjacent to an activating group) is 1. The van der Waals surface area contributed by atoms with Crippen molar-refractivity contribution in [3.63, 3.8) is 0 Å². The molecule has 3 aromatic rings. The summed E-state index contributed by atoms with van der Waals surface area (Å²) in [5.74, 6) is 5.76. The molecule has 4 heterocycles. The van der Waals surface area contributed by atoms with Gasteiger partial charge in [0.2, 0.25) is 5.69 Å². The molecule has 3 aliphatic rings. The Morgan fingerprint density at radius 3 is 2.19 bits per heavy atom. The molecule has 33 heteroatoms. The first kappa shape index (κ1) is 63.9. The smallest absolute Gasteiger partial charge is 0.452 e. The monoisotopic (exact) mass is 1240 g/mol. The van der Waals surface area contributed by atoms with Crippen molar-refractivity contribution in [2.24, 2.45) is 0 Å². The van der Waals surface area contributed by atoms with Gasteiger partial charge in [-0.2, -0.15) is 30.0 Å². The maximum absolute atomic E-state index is 12.6. The molecule has 2 unspecified atom stereocenters. The second-order valence-corrected chi connectivity index (χ2v) is 28.7. The largest absolute Gasteiger partial charge is 0.490 e. The van der Waals surface area contributed by atoms with Crippen LogP contribution in [0.25, 0.3) is 0 Å². The third-order valence-electron chi connectivity index (χ3n) is 12.5. The molecule has 5 atom stereocenters. The maximum atomic E-state index is 12.6. The molecule has 0 saturated carbocycles. The Morgan fingerprint density at radius 2 is 1.54 bits per heavy atom. The number of benzene rings is 2. The van der Waals surface area contributed by atoms with Gasteiger partial charge in [-0.1, -0.05) is 65.5 Å². The predicted molar refractivity (Wildman–Crippen MR) is 290 cm³/mol. The Bertz CT molecular complexity index is 3540. The second-order valence-electron chi connectivity index (χ2n) is 18.7. The minimum absolute atomic E-state index is 0.0623. The Morgan fingerprint density at radius 1 is 0.899 bits per heavy atom. The zero-order chi connectivity index (χ0) is 58.5. The number of fused-ring (bicyclic) bond motifs is 2.